The van der Waals surface area contributed by atoms with E-state index in [0.717, 1.165) is 36.3 Å². The van der Waals surface area contributed by atoms with Crippen molar-refractivity contribution >= 4 is 21.7 Å². The van der Waals surface area contributed by atoms with Gasteiger partial charge in [-0.2, -0.15) is 12.7 Å². The summed E-state index contributed by atoms with van der Waals surface area (Å²) >= 11 is 0. The average Bonchev–Trinajstić information content (AvgIpc) is 2.47. The van der Waals surface area contributed by atoms with Gasteiger partial charge < -0.3 is 4.90 Å². The number of aromatic nitrogens is 1. The van der Waals surface area contributed by atoms with E-state index in [9.17, 15) is 8.42 Å². The molecule has 0 saturated carbocycles. The van der Waals surface area contributed by atoms with Crippen LogP contribution in [-0.2, 0) is 10.2 Å². The van der Waals surface area contributed by atoms with Crippen molar-refractivity contribution in [2.24, 2.45) is 0 Å². The number of nitrogens with one attached hydrogen (secondary N) is 1. The average molecular weight is 327 g/mol. The van der Waals surface area contributed by atoms with E-state index in [1.165, 1.54) is 14.1 Å². The van der Waals surface area contributed by atoms with Gasteiger partial charge in [-0.3, -0.25) is 9.62 Å². The molecule has 2 heterocycles. The first-order valence-corrected chi connectivity index (χ1v) is 8.89. The van der Waals surface area contributed by atoms with E-state index in [1.807, 2.05) is 6.07 Å². The molecule has 8 heteroatoms. The van der Waals surface area contributed by atoms with Gasteiger partial charge in [-0.25, -0.2) is 4.98 Å². The van der Waals surface area contributed by atoms with Crippen LogP contribution < -0.4 is 9.62 Å². The predicted molar refractivity (Wildman–Crippen MR) is 89.4 cm³/mol. The van der Waals surface area contributed by atoms with Gasteiger partial charge in [-0.1, -0.05) is 0 Å². The largest absolute Gasteiger partial charge is 0.354 e. The van der Waals surface area contributed by atoms with E-state index in [0.29, 0.717) is 11.7 Å². The van der Waals surface area contributed by atoms with Crippen LogP contribution in [0.4, 0.5) is 11.5 Å². The molecule has 1 aliphatic rings. The minimum atomic E-state index is -3.48. The van der Waals surface area contributed by atoms with Gasteiger partial charge in [-0.05, 0) is 26.0 Å². The Hall–Kier alpha value is -1.38. The van der Waals surface area contributed by atoms with Crippen LogP contribution in [0.1, 0.15) is 13.8 Å². The highest BCUT2D eigenvalue weighted by Gasteiger charge is 2.20. The first kappa shape index (κ1) is 17.0. The summed E-state index contributed by atoms with van der Waals surface area (Å²) in [6.07, 6.45) is 1.56. The molecule has 0 aliphatic carbocycles. The van der Waals surface area contributed by atoms with Crippen LogP contribution in [0, 0.1) is 0 Å². The monoisotopic (exact) mass is 327 g/mol. The van der Waals surface area contributed by atoms with Crippen LogP contribution in [0.3, 0.4) is 0 Å². The molecule has 0 atom stereocenters. The predicted octanol–water partition coefficient (Wildman–Crippen LogP) is 0.830. The van der Waals surface area contributed by atoms with E-state index < -0.39 is 10.2 Å². The van der Waals surface area contributed by atoms with Crippen molar-refractivity contribution in [3.8, 4) is 0 Å². The van der Waals surface area contributed by atoms with Gasteiger partial charge in [0.25, 0.3) is 0 Å². The highest BCUT2D eigenvalue weighted by Crippen LogP contribution is 2.17. The van der Waals surface area contributed by atoms with Gasteiger partial charge >= 0.3 is 10.2 Å². The molecule has 7 nitrogen and oxygen atoms in total. The normalized spacial score (nSPS) is 17.3. The number of piperazine rings is 1. The van der Waals surface area contributed by atoms with Crippen molar-refractivity contribution in [1.82, 2.24) is 14.2 Å². The second-order valence-corrected chi connectivity index (χ2v) is 7.80. The first-order valence-electron chi connectivity index (χ1n) is 7.45. The summed E-state index contributed by atoms with van der Waals surface area (Å²) in [5, 5.41) is 0. The SMILES string of the molecule is CC(C)N1CCN(c2ccc(NS(=O)(=O)N(C)C)cn2)CC1. The second-order valence-electron chi connectivity index (χ2n) is 5.91. The van der Waals surface area contributed by atoms with Crippen LogP contribution in [0.15, 0.2) is 18.3 Å². The van der Waals surface area contributed by atoms with Crippen LogP contribution in [0.25, 0.3) is 0 Å². The Labute approximate surface area is 133 Å². The minimum Gasteiger partial charge on any atom is -0.354 e. The van der Waals surface area contributed by atoms with Crippen molar-refractivity contribution in [2.45, 2.75) is 19.9 Å². The number of nitrogens with zero attached hydrogens (tertiary/aromatic N) is 4. The van der Waals surface area contributed by atoms with Gasteiger partial charge in [0.15, 0.2) is 0 Å². The maximum atomic E-state index is 11.8. The van der Waals surface area contributed by atoms with Crippen molar-refractivity contribution < 1.29 is 8.42 Å². The fourth-order valence-corrected chi connectivity index (χ4v) is 2.94. The summed E-state index contributed by atoms with van der Waals surface area (Å²) in [6, 6.07) is 4.18. The van der Waals surface area contributed by atoms with Crippen molar-refractivity contribution in [2.75, 3.05) is 49.9 Å². The molecule has 1 aliphatic heterocycles. The molecule has 124 valence electrons. The Morgan fingerprint density at radius 3 is 2.27 bits per heavy atom. The fraction of sp³-hybridized carbons (Fsp3) is 0.643. The molecule has 1 aromatic rings. The zero-order chi connectivity index (χ0) is 16.3. The van der Waals surface area contributed by atoms with Crippen LogP contribution in [-0.4, -0.2) is 68.9 Å². The van der Waals surface area contributed by atoms with Gasteiger partial charge in [-0.15, -0.1) is 0 Å². The van der Waals surface area contributed by atoms with Crippen molar-refractivity contribution in [3.63, 3.8) is 0 Å². The summed E-state index contributed by atoms with van der Waals surface area (Å²) in [5.41, 5.74) is 0.471. The van der Waals surface area contributed by atoms with Crippen molar-refractivity contribution in [3.05, 3.63) is 18.3 Å². The zero-order valence-corrected chi connectivity index (χ0v) is 14.5. The maximum Gasteiger partial charge on any atom is 0.301 e. The Morgan fingerprint density at radius 1 is 1.18 bits per heavy atom. The maximum absolute atomic E-state index is 11.8. The molecule has 1 N–H and O–H groups in total. The highest BCUT2D eigenvalue weighted by molar-refractivity contribution is 7.90. The lowest BCUT2D eigenvalue weighted by atomic mass is 10.2. The van der Waals surface area contributed by atoms with Crippen LogP contribution in [0.5, 0.6) is 0 Å². The summed E-state index contributed by atoms with van der Waals surface area (Å²) in [7, 11) is -0.514. The zero-order valence-electron chi connectivity index (χ0n) is 13.7. The van der Waals surface area contributed by atoms with E-state index in [-0.39, 0.29) is 0 Å². The third-order valence-corrected chi connectivity index (χ3v) is 5.30. The number of anilines is 2. The summed E-state index contributed by atoms with van der Waals surface area (Å²) in [5.74, 6) is 0.885. The second kappa shape index (κ2) is 6.80. The first-order chi connectivity index (χ1) is 10.3. The lowest BCUT2D eigenvalue weighted by molar-refractivity contribution is 0.209. The van der Waals surface area contributed by atoms with Gasteiger partial charge in [0.05, 0.1) is 11.9 Å². The molecule has 0 amide bonds. The third-order valence-electron chi connectivity index (χ3n) is 3.84. The van der Waals surface area contributed by atoms with Crippen molar-refractivity contribution in [1.29, 1.82) is 0 Å². The standard InChI is InChI=1S/C14H25N5O2S/c1-12(2)18-7-9-19(10-8-18)14-6-5-13(11-15-14)16-22(20,21)17(3)4/h5-6,11-12,16H,7-10H2,1-4H3. The summed E-state index contributed by atoms with van der Waals surface area (Å²) < 4.78 is 27.1. The lowest BCUT2D eigenvalue weighted by Crippen LogP contribution is -2.49. The topological polar surface area (TPSA) is 68.8 Å². The van der Waals surface area contributed by atoms with Gasteiger partial charge in [0.1, 0.15) is 5.82 Å². The molecule has 1 fully saturated rings. The molecular weight excluding hydrogens is 302 g/mol. The fourth-order valence-electron chi connectivity index (χ4n) is 2.34. The molecule has 2 rings (SSSR count). The van der Waals surface area contributed by atoms with E-state index >= 15 is 0 Å². The number of pyridine rings is 1. The van der Waals surface area contributed by atoms with E-state index in [4.69, 9.17) is 0 Å². The molecule has 0 aromatic carbocycles. The molecule has 0 spiro atoms. The molecule has 1 saturated heterocycles. The lowest BCUT2D eigenvalue weighted by Gasteiger charge is -2.37. The van der Waals surface area contributed by atoms with Gasteiger partial charge in [0, 0.05) is 46.3 Å². The number of hydrogen-bond donors (Lipinski definition) is 1. The molecule has 0 bridgehead atoms. The molecule has 0 unspecified atom stereocenters. The Morgan fingerprint density at radius 2 is 1.82 bits per heavy atom. The Balaban J connectivity index is 1.98. The smallest absolute Gasteiger partial charge is 0.301 e. The van der Waals surface area contributed by atoms with E-state index in [2.05, 4.69) is 33.4 Å². The summed E-state index contributed by atoms with van der Waals surface area (Å²) in [4.78, 5) is 9.04. The van der Waals surface area contributed by atoms with Crippen LogP contribution >= 0.6 is 0 Å². The number of rotatable bonds is 5. The summed E-state index contributed by atoms with van der Waals surface area (Å²) in [6.45, 7) is 8.34. The Bertz CT molecular complexity index is 578. The molecule has 1 aromatic heterocycles. The highest BCUT2D eigenvalue weighted by atomic mass is 32.2. The number of hydrogen-bond acceptors (Lipinski definition) is 5. The molecular formula is C14H25N5O2S. The minimum absolute atomic E-state index is 0.471. The van der Waals surface area contributed by atoms with Crippen LogP contribution in [0.2, 0.25) is 0 Å². The molecule has 22 heavy (non-hydrogen) atoms. The Kier molecular flexibility index (Phi) is 5.25. The van der Waals surface area contributed by atoms with E-state index in [1.54, 1.807) is 12.3 Å². The van der Waals surface area contributed by atoms with Gasteiger partial charge in [0.2, 0.25) is 0 Å². The quantitative estimate of drug-likeness (QED) is 0.867. The third kappa shape index (κ3) is 4.08. The molecule has 0 radical (unpaired) electrons.